The van der Waals surface area contributed by atoms with Gasteiger partial charge < -0.3 is 30.0 Å². The number of rotatable bonds is 10. The first kappa shape index (κ1) is 28.4. The second-order valence-electron chi connectivity index (χ2n) is 10.7. The number of aromatic amines is 1. The van der Waals surface area contributed by atoms with Gasteiger partial charge in [0.15, 0.2) is 5.82 Å². The van der Waals surface area contributed by atoms with Crippen molar-refractivity contribution in [2.75, 3.05) is 50.0 Å². The van der Waals surface area contributed by atoms with E-state index >= 15 is 0 Å². The number of halogens is 1. The summed E-state index contributed by atoms with van der Waals surface area (Å²) in [5, 5.41) is 6.15. The molecule has 13 heteroatoms. The van der Waals surface area contributed by atoms with Crippen LogP contribution >= 0.6 is 0 Å². The average Bonchev–Trinajstić information content (AvgIpc) is 3.72. The van der Waals surface area contributed by atoms with Gasteiger partial charge >= 0.3 is 0 Å². The Hall–Kier alpha value is -4.75. The maximum atomic E-state index is 13.8. The van der Waals surface area contributed by atoms with Gasteiger partial charge in [-0.25, -0.2) is 19.3 Å². The van der Waals surface area contributed by atoms with Gasteiger partial charge in [-0.15, -0.1) is 0 Å². The lowest BCUT2D eigenvalue weighted by Gasteiger charge is -2.35. The minimum atomic E-state index is -0.920. The highest BCUT2D eigenvalue weighted by Gasteiger charge is 2.41. The molecule has 0 aliphatic carbocycles. The molecule has 4 aromatic rings. The number of benzene rings is 1. The van der Waals surface area contributed by atoms with Gasteiger partial charge in [0.05, 0.1) is 60.5 Å². The van der Waals surface area contributed by atoms with Crippen LogP contribution in [0.2, 0.25) is 0 Å². The van der Waals surface area contributed by atoms with Crippen molar-refractivity contribution < 1.29 is 18.7 Å². The summed E-state index contributed by atoms with van der Waals surface area (Å²) in [6.45, 7) is 5.39. The highest BCUT2D eigenvalue weighted by atomic mass is 19.1. The number of aliphatic imine (C=N–C) groups is 1. The number of H-pyrrole nitrogens is 1. The molecule has 12 nitrogen and oxygen atoms in total. The van der Waals surface area contributed by atoms with E-state index in [1.165, 1.54) is 12.1 Å². The van der Waals surface area contributed by atoms with E-state index in [1.54, 1.807) is 55.8 Å². The second kappa shape index (κ2) is 12.6. The Morgan fingerprint density at radius 3 is 2.72 bits per heavy atom. The van der Waals surface area contributed by atoms with Crippen LogP contribution in [0.4, 0.5) is 16.0 Å². The Kier molecular flexibility index (Phi) is 8.34. The Morgan fingerprint density at radius 2 is 1.98 bits per heavy atom. The smallest absolute Gasteiger partial charge is 0.235 e. The number of anilines is 2. The lowest BCUT2D eigenvalue weighted by molar-refractivity contribution is -0.229. The molecule has 1 amide bonds. The van der Waals surface area contributed by atoms with Gasteiger partial charge in [-0.2, -0.15) is 0 Å². The van der Waals surface area contributed by atoms with Gasteiger partial charge in [0, 0.05) is 37.6 Å². The van der Waals surface area contributed by atoms with Crippen molar-refractivity contribution in [1.29, 1.82) is 0 Å². The Morgan fingerprint density at radius 1 is 1.14 bits per heavy atom. The van der Waals surface area contributed by atoms with E-state index in [2.05, 4.69) is 35.5 Å². The SMILES string of the molecule is CC1(C(=O)Nc2cccnc2)COC(c2nc(-c3ccc(F)cc3)c(-c3ccnc(NCCCN4C=NCC4)n3)[nH]2)OC1. The normalized spacial score (nSPS) is 19.9. The molecule has 43 heavy (non-hydrogen) atoms. The third kappa shape index (κ3) is 6.68. The number of carbonyl (C=O) groups is 1. The summed E-state index contributed by atoms with van der Waals surface area (Å²) in [7, 11) is 0. The number of nitrogens with zero attached hydrogens (tertiary/aromatic N) is 6. The molecule has 0 spiro atoms. The van der Waals surface area contributed by atoms with Gasteiger partial charge in [0.25, 0.3) is 0 Å². The maximum Gasteiger partial charge on any atom is 0.235 e. The number of aromatic nitrogens is 5. The van der Waals surface area contributed by atoms with E-state index < -0.39 is 11.7 Å². The van der Waals surface area contributed by atoms with Crippen LogP contribution in [0.25, 0.3) is 22.6 Å². The van der Waals surface area contributed by atoms with Crippen molar-refractivity contribution in [2.24, 2.45) is 10.4 Å². The fourth-order valence-corrected chi connectivity index (χ4v) is 4.77. The third-order valence-electron chi connectivity index (χ3n) is 7.22. The van der Waals surface area contributed by atoms with Crippen molar-refractivity contribution in [3.63, 3.8) is 0 Å². The molecule has 0 saturated carbocycles. The highest BCUT2D eigenvalue weighted by molar-refractivity contribution is 5.95. The molecular formula is C30H32FN9O3. The van der Waals surface area contributed by atoms with Crippen LogP contribution in [0.5, 0.6) is 0 Å². The molecule has 3 aromatic heterocycles. The summed E-state index contributed by atoms with van der Waals surface area (Å²) < 4.78 is 25.8. The van der Waals surface area contributed by atoms with Crippen molar-refractivity contribution in [3.05, 3.63) is 72.7 Å². The largest absolute Gasteiger partial charge is 0.361 e. The predicted octanol–water partition coefficient (Wildman–Crippen LogP) is 3.90. The van der Waals surface area contributed by atoms with Crippen LogP contribution in [0.15, 0.2) is 66.0 Å². The minimum Gasteiger partial charge on any atom is -0.361 e. The van der Waals surface area contributed by atoms with E-state index in [4.69, 9.17) is 19.4 Å². The molecule has 0 bridgehead atoms. The summed E-state index contributed by atoms with van der Waals surface area (Å²) in [5.74, 6) is 0.303. The first-order valence-corrected chi connectivity index (χ1v) is 14.1. The van der Waals surface area contributed by atoms with E-state index in [1.807, 2.05) is 6.34 Å². The summed E-state index contributed by atoms with van der Waals surface area (Å²) in [4.78, 5) is 40.6. The Bertz CT molecular complexity index is 1570. The molecule has 222 valence electrons. The van der Waals surface area contributed by atoms with E-state index in [9.17, 15) is 9.18 Å². The molecule has 1 fully saturated rings. The quantitative estimate of drug-likeness (QED) is 0.236. The molecule has 0 radical (unpaired) electrons. The first-order chi connectivity index (χ1) is 21.0. The molecule has 1 saturated heterocycles. The number of imidazole rings is 1. The molecule has 2 aliphatic heterocycles. The third-order valence-corrected chi connectivity index (χ3v) is 7.22. The minimum absolute atomic E-state index is 0.108. The number of carbonyl (C=O) groups excluding carboxylic acids is 1. The number of pyridine rings is 1. The summed E-state index contributed by atoms with van der Waals surface area (Å²) in [5.41, 5.74) is 2.12. The van der Waals surface area contributed by atoms with Crippen molar-refractivity contribution in [3.8, 4) is 22.6 Å². The van der Waals surface area contributed by atoms with Gasteiger partial charge in [0.2, 0.25) is 18.1 Å². The standard InChI is InChI=1S/C30H32FN9O3/c1-30(28(41)36-22-4-2-10-32-16-22)17-42-27(43-18-30)26-38-24(20-5-7-21(31)8-6-20)25(39-26)23-9-12-35-29(37-23)34-11-3-14-40-15-13-33-19-40/h2,4-10,12,16,19,27H,3,11,13-15,17-18H2,1H3,(H,36,41)(H,38,39)(H,34,35,37). The number of ether oxygens (including phenoxy) is 2. The zero-order chi connectivity index (χ0) is 29.6. The van der Waals surface area contributed by atoms with E-state index in [-0.39, 0.29) is 24.9 Å². The monoisotopic (exact) mass is 585 g/mol. The van der Waals surface area contributed by atoms with Gasteiger partial charge in [-0.1, -0.05) is 0 Å². The lowest BCUT2D eigenvalue weighted by atomic mass is 9.91. The van der Waals surface area contributed by atoms with Crippen LogP contribution in [0.3, 0.4) is 0 Å². The molecular weight excluding hydrogens is 553 g/mol. The number of amides is 1. The topological polar surface area (TPSA) is 143 Å². The van der Waals surface area contributed by atoms with Crippen LogP contribution in [-0.4, -0.2) is 81.5 Å². The van der Waals surface area contributed by atoms with Crippen molar-refractivity contribution in [2.45, 2.75) is 19.6 Å². The molecule has 6 rings (SSSR count). The molecule has 0 atom stereocenters. The zero-order valence-electron chi connectivity index (χ0n) is 23.7. The fourth-order valence-electron chi connectivity index (χ4n) is 4.77. The molecule has 1 aromatic carbocycles. The summed E-state index contributed by atoms with van der Waals surface area (Å²) in [6.07, 6.45) is 6.84. The van der Waals surface area contributed by atoms with Crippen LogP contribution in [0, 0.1) is 11.2 Å². The molecule has 3 N–H and O–H groups in total. The van der Waals surface area contributed by atoms with Crippen molar-refractivity contribution in [1.82, 2.24) is 29.8 Å². The van der Waals surface area contributed by atoms with Gasteiger partial charge in [-0.05, 0) is 55.8 Å². The predicted molar refractivity (Wildman–Crippen MR) is 159 cm³/mol. The zero-order valence-corrected chi connectivity index (χ0v) is 23.7. The van der Waals surface area contributed by atoms with Crippen molar-refractivity contribution >= 4 is 23.9 Å². The van der Waals surface area contributed by atoms with E-state index in [0.717, 1.165) is 26.1 Å². The number of hydrogen-bond donors (Lipinski definition) is 3. The maximum absolute atomic E-state index is 13.8. The number of nitrogens with one attached hydrogen (secondary N) is 3. The van der Waals surface area contributed by atoms with Crippen LogP contribution in [0.1, 0.15) is 25.5 Å². The lowest BCUT2D eigenvalue weighted by Crippen LogP contribution is -2.45. The average molecular weight is 586 g/mol. The Labute approximate surface area is 247 Å². The number of hydrogen-bond acceptors (Lipinski definition) is 10. The Balaban J connectivity index is 1.18. The van der Waals surface area contributed by atoms with E-state index in [0.29, 0.717) is 46.7 Å². The van der Waals surface area contributed by atoms with Crippen LogP contribution in [-0.2, 0) is 14.3 Å². The highest BCUT2D eigenvalue weighted by Crippen LogP contribution is 2.36. The summed E-state index contributed by atoms with van der Waals surface area (Å²) in [6, 6.07) is 11.4. The molecule has 5 heterocycles. The second-order valence-corrected chi connectivity index (χ2v) is 10.7. The van der Waals surface area contributed by atoms with Gasteiger partial charge in [-0.3, -0.25) is 14.8 Å². The first-order valence-electron chi connectivity index (χ1n) is 14.1. The van der Waals surface area contributed by atoms with Gasteiger partial charge in [0.1, 0.15) is 5.82 Å². The molecule has 0 unspecified atom stereocenters. The fraction of sp³-hybridized carbons (Fsp3) is 0.333. The summed E-state index contributed by atoms with van der Waals surface area (Å²) >= 11 is 0. The van der Waals surface area contributed by atoms with Crippen LogP contribution < -0.4 is 10.6 Å². The molecule has 2 aliphatic rings.